The first-order valence-corrected chi connectivity index (χ1v) is 16.8. The number of unbranched alkanes of at least 4 members (excludes halogenated alkanes) is 21. The highest BCUT2D eigenvalue weighted by atomic mass is 16.5. The van der Waals surface area contributed by atoms with Gasteiger partial charge in [-0.05, 0) is 51.7 Å². The van der Waals surface area contributed by atoms with Crippen molar-refractivity contribution in [2.24, 2.45) is 11.8 Å². The Morgan fingerprint density at radius 3 is 1.22 bits per heavy atom. The lowest BCUT2D eigenvalue weighted by atomic mass is 10.0. The molecule has 0 radical (unpaired) electrons. The molecule has 37 heavy (non-hydrogen) atoms. The lowest BCUT2D eigenvalue weighted by Gasteiger charge is -2.08. The molecule has 1 rings (SSSR count). The van der Waals surface area contributed by atoms with Gasteiger partial charge in [-0.2, -0.15) is 0 Å². The van der Waals surface area contributed by atoms with E-state index in [1.54, 1.807) is 0 Å². The fourth-order valence-electron chi connectivity index (χ4n) is 5.99. The van der Waals surface area contributed by atoms with Crippen LogP contribution in [0.15, 0.2) is 0 Å². The molecule has 2 unspecified atom stereocenters. The molecule has 0 aromatic rings. The molecule has 2 atom stereocenters. The molecule has 0 saturated heterocycles. The Balaban J connectivity index is 1.67. The minimum Gasteiger partial charge on any atom is -0.469 e. The average molecular weight is 522 g/mol. The number of methoxy groups -OCH3 is 1. The summed E-state index contributed by atoms with van der Waals surface area (Å²) in [6, 6.07) is 0. The highest BCUT2D eigenvalue weighted by Gasteiger charge is 2.34. The van der Waals surface area contributed by atoms with Gasteiger partial charge in [-0.15, -0.1) is 0 Å². The summed E-state index contributed by atoms with van der Waals surface area (Å²) < 4.78 is 4.69. The smallest absolute Gasteiger partial charge is 0.305 e. The van der Waals surface area contributed by atoms with Crippen LogP contribution in [0, 0.1) is 11.8 Å². The van der Waals surface area contributed by atoms with E-state index >= 15 is 0 Å². The lowest BCUT2D eigenvalue weighted by Crippen LogP contribution is -2.12. The summed E-state index contributed by atoms with van der Waals surface area (Å²) in [6.07, 6.45) is 37.6. The largest absolute Gasteiger partial charge is 0.469 e. The van der Waals surface area contributed by atoms with Crippen molar-refractivity contribution in [2.75, 3.05) is 27.7 Å². The number of nitrogens with zero attached hydrogens (tertiary/aromatic N) is 1. The van der Waals surface area contributed by atoms with Gasteiger partial charge in [-0.3, -0.25) is 4.79 Å². The molecule has 1 aliphatic carbocycles. The molecule has 3 heteroatoms. The molecule has 0 spiro atoms. The van der Waals surface area contributed by atoms with Crippen molar-refractivity contribution in [3.63, 3.8) is 0 Å². The molecule has 0 bridgehead atoms. The molecule has 1 saturated carbocycles. The fraction of sp³-hybridized carbons (Fsp3) is 0.971. The van der Waals surface area contributed by atoms with Gasteiger partial charge < -0.3 is 9.64 Å². The van der Waals surface area contributed by atoms with E-state index in [2.05, 4.69) is 19.0 Å². The molecule has 1 fully saturated rings. The third-order valence-corrected chi connectivity index (χ3v) is 8.68. The first-order valence-electron chi connectivity index (χ1n) is 16.8. The minimum absolute atomic E-state index is 0.0556. The monoisotopic (exact) mass is 522 g/mol. The molecule has 0 N–H and O–H groups in total. The molecule has 0 aliphatic heterocycles. The maximum absolute atomic E-state index is 11.1. The molecular formula is C34H67NO2. The van der Waals surface area contributed by atoms with Gasteiger partial charge in [-0.1, -0.05) is 148 Å². The van der Waals surface area contributed by atoms with Crippen LogP contribution in [0.25, 0.3) is 0 Å². The predicted molar refractivity (Wildman–Crippen MR) is 162 cm³/mol. The van der Waals surface area contributed by atoms with Crippen molar-refractivity contribution in [2.45, 2.75) is 173 Å². The van der Waals surface area contributed by atoms with Gasteiger partial charge in [0.05, 0.1) is 7.11 Å². The van der Waals surface area contributed by atoms with Crippen LogP contribution >= 0.6 is 0 Å². The highest BCUT2D eigenvalue weighted by molar-refractivity contribution is 5.68. The van der Waals surface area contributed by atoms with E-state index < -0.39 is 0 Å². The van der Waals surface area contributed by atoms with Crippen molar-refractivity contribution < 1.29 is 9.53 Å². The van der Waals surface area contributed by atoms with Crippen LogP contribution in [-0.2, 0) is 9.53 Å². The van der Waals surface area contributed by atoms with Crippen LogP contribution in [-0.4, -0.2) is 38.6 Å². The Kier molecular flexibility index (Phi) is 23.9. The van der Waals surface area contributed by atoms with Gasteiger partial charge in [0.2, 0.25) is 0 Å². The van der Waals surface area contributed by atoms with E-state index in [-0.39, 0.29) is 5.97 Å². The molecular weight excluding hydrogens is 454 g/mol. The van der Waals surface area contributed by atoms with Crippen LogP contribution in [0.3, 0.4) is 0 Å². The van der Waals surface area contributed by atoms with Crippen LogP contribution in [0.4, 0.5) is 0 Å². The maximum atomic E-state index is 11.1. The van der Waals surface area contributed by atoms with Crippen molar-refractivity contribution in [3.8, 4) is 0 Å². The lowest BCUT2D eigenvalue weighted by molar-refractivity contribution is -0.140. The van der Waals surface area contributed by atoms with Crippen molar-refractivity contribution in [3.05, 3.63) is 0 Å². The first-order chi connectivity index (χ1) is 18.1. The third-order valence-electron chi connectivity index (χ3n) is 8.68. The zero-order chi connectivity index (χ0) is 26.8. The van der Waals surface area contributed by atoms with Gasteiger partial charge in [0.1, 0.15) is 0 Å². The zero-order valence-electron chi connectivity index (χ0n) is 25.7. The minimum atomic E-state index is -0.0556. The summed E-state index contributed by atoms with van der Waals surface area (Å²) >= 11 is 0. The quantitative estimate of drug-likeness (QED) is 0.0724. The second kappa shape index (κ2) is 25.7. The summed E-state index contributed by atoms with van der Waals surface area (Å²) in [6.45, 7) is 1.26. The fourth-order valence-corrected chi connectivity index (χ4v) is 5.99. The molecule has 0 aromatic heterocycles. The number of carbonyl (C=O) groups excluding carboxylic acids is 1. The van der Waals surface area contributed by atoms with Gasteiger partial charge in [0.25, 0.3) is 0 Å². The van der Waals surface area contributed by atoms with E-state index in [9.17, 15) is 4.79 Å². The van der Waals surface area contributed by atoms with E-state index in [0.29, 0.717) is 6.42 Å². The maximum Gasteiger partial charge on any atom is 0.305 e. The Morgan fingerprint density at radius 2 is 0.865 bits per heavy atom. The molecule has 3 nitrogen and oxygen atoms in total. The van der Waals surface area contributed by atoms with Gasteiger partial charge >= 0.3 is 5.97 Å². The zero-order valence-corrected chi connectivity index (χ0v) is 25.7. The molecule has 0 heterocycles. The summed E-state index contributed by atoms with van der Waals surface area (Å²) in [7, 11) is 5.84. The number of hydrogen-bond acceptors (Lipinski definition) is 3. The highest BCUT2D eigenvalue weighted by Crippen LogP contribution is 2.45. The molecule has 0 aromatic carbocycles. The second-order valence-electron chi connectivity index (χ2n) is 12.6. The van der Waals surface area contributed by atoms with E-state index in [4.69, 9.17) is 4.74 Å². The number of carbonyl (C=O) groups is 1. The predicted octanol–water partition coefficient (Wildman–Crippen LogP) is 10.5. The van der Waals surface area contributed by atoms with Crippen molar-refractivity contribution in [1.29, 1.82) is 0 Å². The van der Waals surface area contributed by atoms with E-state index in [1.165, 1.54) is 174 Å². The van der Waals surface area contributed by atoms with Crippen LogP contribution in [0.2, 0.25) is 0 Å². The molecule has 220 valence electrons. The molecule has 0 amide bonds. The van der Waals surface area contributed by atoms with Crippen molar-refractivity contribution in [1.82, 2.24) is 4.90 Å². The number of ether oxygens (including phenoxy) is 1. The average Bonchev–Trinajstić information content (AvgIpc) is 3.64. The Labute approximate surface area is 233 Å². The van der Waals surface area contributed by atoms with E-state index in [0.717, 1.165) is 18.3 Å². The van der Waals surface area contributed by atoms with Crippen LogP contribution in [0.1, 0.15) is 173 Å². The number of rotatable bonds is 29. The van der Waals surface area contributed by atoms with Crippen molar-refractivity contribution >= 4 is 5.97 Å². The van der Waals surface area contributed by atoms with Gasteiger partial charge in [0, 0.05) is 6.42 Å². The molecule has 1 aliphatic rings. The van der Waals surface area contributed by atoms with E-state index in [1.807, 2.05) is 0 Å². The SMILES string of the molecule is COC(=O)CCCCCCCC1CC1CCCCCCCCCCCCCCCCCCCCN(C)C. The summed E-state index contributed by atoms with van der Waals surface area (Å²) in [5.74, 6) is 2.07. The Morgan fingerprint density at radius 1 is 0.541 bits per heavy atom. The normalized spacial score (nSPS) is 17.0. The summed E-state index contributed by atoms with van der Waals surface area (Å²) in [4.78, 5) is 13.4. The number of hydrogen-bond donors (Lipinski definition) is 0. The topological polar surface area (TPSA) is 29.5 Å². The number of esters is 1. The Hall–Kier alpha value is -0.570. The van der Waals surface area contributed by atoms with Crippen LogP contribution < -0.4 is 0 Å². The van der Waals surface area contributed by atoms with Gasteiger partial charge in [-0.25, -0.2) is 0 Å². The summed E-state index contributed by atoms with van der Waals surface area (Å²) in [5.41, 5.74) is 0. The first kappa shape index (κ1) is 34.5. The Bertz CT molecular complexity index is 492. The standard InChI is InChI=1S/C34H67NO2/c1-35(2)30-26-22-17-15-13-11-9-7-5-4-6-8-10-12-14-16-19-23-27-32-31-33(32)28-24-20-18-21-25-29-34(36)37-3/h32-33H,4-31H2,1-3H3. The summed E-state index contributed by atoms with van der Waals surface area (Å²) in [5, 5.41) is 0. The third kappa shape index (κ3) is 24.2. The van der Waals surface area contributed by atoms with Gasteiger partial charge in [0.15, 0.2) is 0 Å². The van der Waals surface area contributed by atoms with Crippen LogP contribution in [0.5, 0.6) is 0 Å². The second-order valence-corrected chi connectivity index (χ2v) is 12.6.